The maximum atomic E-state index is 12.1. The predicted molar refractivity (Wildman–Crippen MR) is 81.7 cm³/mol. The first-order valence-electron chi connectivity index (χ1n) is 6.90. The minimum Gasteiger partial charge on any atom is -0.490 e. The maximum absolute atomic E-state index is 12.1. The Morgan fingerprint density at radius 2 is 2.19 bits per heavy atom. The number of rotatable bonds is 2. The molecule has 1 aromatic rings. The molecule has 2 heterocycles. The van der Waals surface area contributed by atoms with Crippen LogP contribution in [-0.2, 0) is 4.79 Å². The van der Waals surface area contributed by atoms with E-state index in [1.165, 1.54) is 0 Å². The fourth-order valence-electron chi connectivity index (χ4n) is 2.32. The van der Waals surface area contributed by atoms with E-state index < -0.39 is 6.04 Å². The minimum atomic E-state index is -0.469. The Morgan fingerprint density at radius 3 is 3.00 bits per heavy atom. The van der Waals surface area contributed by atoms with Gasteiger partial charge in [0, 0.05) is 13.0 Å². The largest absolute Gasteiger partial charge is 0.490 e. The van der Waals surface area contributed by atoms with Crippen molar-refractivity contribution in [2.75, 3.05) is 19.8 Å². The molecule has 1 atom stereocenters. The number of nitrogens with zero attached hydrogens (tertiary/aromatic N) is 1. The molecular weight excluding hydrogens is 338 g/mol. The topological polar surface area (TPSA) is 72.0 Å². The molecule has 1 unspecified atom stereocenters. The van der Waals surface area contributed by atoms with E-state index in [2.05, 4.69) is 31.6 Å². The number of carbonyl (C=O) groups excluding carboxylic acids is 1. The molecule has 2 N–H and O–H groups in total. The fourth-order valence-corrected chi connectivity index (χ4v) is 2.90. The third-order valence-electron chi connectivity index (χ3n) is 3.26. The highest BCUT2D eigenvalue weighted by molar-refractivity contribution is 9.10. The van der Waals surface area contributed by atoms with E-state index >= 15 is 0 Å². The van der Waals surface area contributed by atoms with Crippen LogP contribution in [0.2, 0.25) is 0 Å². The third kappa shape index (κ3) is 2.83. The van der Waals surface area contributed by atoms with Gasteiger partial charge in [0.05, 0.1) is 17.7 Å². The molecule has 2 aliphatic rings. The van der Waals surface area contributed by atoms with Gasteiger partial charge in [-0.25, -0.2) is 0 Å². The van der Waals surface area contributed by atoms with E-state index in [1.54, 1.807) is 0 Å². The number of halogens is 1. The fraction of sp³-hybridized carbons (Fsp3) is 0.429. The predicted octanol–water partition coefficient (Wildman–Crippen LogP) is 1.75. The highest BCUT2D eigenvalue weighted by atomic mass is 79.9. The number of fused-ring (bicyclic) bond motifs is 1. The van der Waals surface area contributed by atoms with Crippen LogP contribution in [0.4, 0.5) is 0 Å². The molecule has 2 aliphatic heterocycles. The van der Waals surface area contributed by atoms with Gasteiger partial charge >= 0.3 is 0 Å². The second kappa shape index (κ2) is 5.93. The zero-order valence-corrected chi connectivity index (χ0v) is 13.2. The number of aliphatic imine (C=N–C) groups is 1. The van der Waals surface area contributed by atoms with Crippen molar-refractivity contribution in [2.45, 2.75) is 19.4 Å². The van der Waals surface area contributed by atoms with E-state index in [4.69, 9.17) is 9.47 Å². The molecule has 0 spiro atoms. The number of carbonyl (C=O) groups is 1. The van der Waals surface area contributed by atoms with Gasteiger partial charge in [-0.1, -0.05) is 0 Å². The standard InChI is InChI=1S/C14H16BrN3O3/c1-2-16-14-17-11(13(19)18-14)8-6-9(15)12-10(7-8)20-4-3-5-21-12/h6-7,11H,2-5H2,1H3,(H2,16,17,18,19). The molecule has 1 aromatic carbocycles. The van der Waals surface area contributed by atoms with E-state index in [9.17, 15) is 4.79 Å². The molecule has 0 aromatic heterocycles. The van der Waals surface area contributed by atoms with Gasteiger partial charge in [-0.05, 0) is 40.5 Å². The molecular formula is C14H16BrN3O3. The molecule has 21 heavy (non-hydrogen) atoms. The van der Waals surface area contributed by atoms with Crippen molar-refractivity contribution in [3.8, 4) is 11.5 Å². The van der Waals surface area contributed by atoms with Crippen LogP contribution < -0.4 is 20.1 Å². The maximum Gasteiger partial charge on any atom is 0.253 e. The van der Waals surface area contributed by atoms with Gasteiger partial charge in [0.1, 0.15) is 6.04 Å². The summed E-state index contributed by atoms with van der Waals surface area (Å²) in [4.78, 5) is 16.2. The van der Waals surface area contributed by atoms with Crippen LogP contribution in [0, 0.1) is 0 Å². The van der Waals surface area contributed by atoms with Crippen molar-refractivity contribution in [3.05, 3.63) is 22.2 Å². The first-order chi connectivity index (χ1) is 10.2. The summed E-state index contributed by atoms with van der Waals surface area (Å²) in [6, 6.07) is 3.25. The quantitative estimate of drug-likeness (QED) is 0.849. The number of ether oxygens (including phenoxy) is 2. The van der Waals surface area contributed by atoms with Crippen molar-refractivity contribution < 1.29 is 14.3 Å². The van der Waals surface area contributed by atoms with Crippen molar-refractivity contribution in [1.82, 2.24) is 10.6 Å². The molecule has 0 saturated carbocycles. The van der Waals surface area contributed by atoms with Crippen LogP contribution in [0.3, 0.4) is 0 Å². The van der Waals surface area contributed by atoms with Gasteiger partial charge in [0.2, 0.25) is 0 Å². The molecule has 112 valence electrons. The molecule has 0 aliphatic carbocycles. The Labute approximate surface area is 131 Å². The van der Waals surface area contributed by atoms with Crippen molar-refractivity contribution in [2.24, 2.45) is 4.99 Å². The lowest BCUT2D eigenvalue weighted by molar-refractivity contribution is -0.120. The molecule has 7 heteroatoms. The first kappa shape index (κ1) is 14.2. The summed E-state index contributed by atoms with van der Waals surface area (Å²) in [5, 5.41) is 5.81. The number of nitrogens with one attached hydrogen (secondary N) is 2. The molecule has 0 radical (unpaired) electrons. The van der Waals surface area contributed by atoms with Crippen LogP contribution in [0.5, 0.6) is 11.5 Å². The first-order valence-corrected chi connectivity index (χ1v) is 7.69. The van der Waals surface area contributed by atoms with Crippen molar-refractivity contribution in [3.63, 3.8) is 0 Å². The SMILES string of the molecule is CCN=C1NC(=O)C(c2cc(Br)c3c(c2)OCCCO3)N1. The summed E-state index contributed by atoms with van der Waals surface area (Å²) in [5.41, 5.74) is 0.810. The van der Waals surface area contributed by atoms with E-state index in [1.807, 2.05) is 19.1 Å². The highest BCUT2D eigenvalue weighted by Gasteiger charge is 2.31. The van der Waals surface area contributed by atoms with E-state index in [-0.39, 0.29) is 5.91 Å². The average molecular weight is 354 g/mol. The van der Waals surface area contributed by atoms with Crippen LogP contribution in [0.25, 0.3) is 0 Å². The zero-order chi connectivity index (χ0) is 14.8. The van der Waals surface area contributed by atoms with Crippen molar-refractivity contribution >= 4 is 27.8 Å². The molecule has 0 bridgehead atoms. The lowest BCUT2D eigenvalue weighted by atomic mass is 10.1. The summed E-state index contributed by atoms with van der Waals surface area (Å²) in [7, 11) is 0. The number of hydrogen-bond donors (Lipinski definition) is 2. The van der Waals surface area contributed by atoms with E-state index in [0.717, 1.165) is 16.5 Å². The second-order valence-electron chi connectivity index (χ2n) is 4.77. The average Bonchev–Trinajstić information content (AvgIpc) is 2.68. The second-order valence-corrected chi connectivity index (χ2v) is 5.62. The Morgan fingerprint density at radius 1 is 1.38 bits per heavy atom. The molecule has 1 saturated heterocycles. The summed E-state index contributed by atoms with van der Waals surface area (Å²) in [6.45, 7) is 3.76. The third-order valence-corrected chi connectivity index (χ3v) is 3.85. The monoisotopic (exact) mass is 353 g/mol. The lowest BCUT2D eigenvalue weighted by Gasteiger charge is -2.14. The Bertz CT molecular complexity index is 603. The van der Waals surface area contributed by atoms with Gasteiger partial charge in [-0.2, -0.15) is 0 Å². The van der Waals surface area contributed by atoms with Crippen LogP contribution in [0.1, 0.15) is 24.9 Å². The molecule has 1 fully saturated rings. The van der Waals surface area contributed by atoms with Gasteiger partial charge in [0.15, 0.2) is 17.5 Å². The summed E-state index contributed by atoms with van der Waals surface area (Å²) in [6.07, 6.45) is 0.839. The normalized spacial score (nSPS) is 22.7. The Hall–Kier alpha value is -1.76. The van der Waals surface area contributed by atoms with Crippen LogP contribution in [0.15, 0.2) is 21.6 Å². The number of hydrogen-bond acceptors (Lipinski definition) is 4. The Kier molecular flexibility index (Phi) is 4.01. The Balaban J connectivity index is 1.93. The zero-order valence-electron chi connectivity index (χ0n) is 11.6. The smallest absolute Gasteiger partial charge is 0.253 e. The highest BCUT2D eigenvalue weighted by Crippen LogP contribution is 2.39. The van der Waals surface area contributed by atoms with E-state index in [0.29, 0.717) is 37.2 Å². The number of benzene rings is 1. The van der Waals surface area contributed by atoms with Gasteiger partial charge in [0.25, 0.3) is 5.91 Å². The molecule has 6 nitrogen and oxygen atoms in total. The van der Waals surface area contributed by atoms with Gasteiger partial charge in [-0.3, -0.25) is 15.1 Å². The number of amides is 1. The summed E-state index contributed by atoms with van der Waals surface area (Å²) >= 11 is 3.49. The van der Waals surface area contributed by atoms with Gasteiger partial charge in [-0.15, -0.1) is 0 Å². The molecule has 1 amide bonds. The van der Waals surface area contributed by atoms with Crippen molar-refractivity contribution in [1.29, 1.82) is 0 Å². The van der Waals surface area contributed by atoms with Gasteiger partial charge < -0.3 is 14.8 Å². The lowest BCUT2D eigenvalue weighted by Crippen LogP contribution is -2.25. The number of guanidine groups is 1. The molecule has 3 rings (SSSR count). The summed E-state index contributed by atoms with van der Waals surface area (Å²) in [5.74, 6) is 1.74. The van der Waals surface area contributed by atoms with Crippen LogP contribution >= 0.6 is 15.9 Å². The summed E-state index contributed by atoms with van der Waals surface area (Å²) < 4.78 is 12.1. The minimum absolute atomic E-state index is 0.122. The van der Waals surface area contributed by atoms with Crippen LogP contribution in [-0.4, -0.2) is 31.6 Å².